The lowest BCUT2D eigenvalue weighted by Crippen LogP contribution is -2.15. The molecule has 0 spiro atoms. The van der Waals surface area contributed by atoms with E-state index in [0.29, 0.717) is 40.0 Å². The maximum absolute atomic E-state index is 12.1. The molecule has 2 aromatic carbocycles. The van der Waals surface area contributed by atoms with Crippen molar-refractivity contribution in [2.24, 2.45) is 5.73 Å². The van der Waals surface area contributed by atoms with E-state index in [4.69, 9.17) is 20.3 Å². The van der Waals surface area contributed by atoms with Gasteiger partial charge < -0.3 is 25.6 Å². The van der Waals surface area contributed by atoms with Gasteiger partial charge in [-0.25, -0.2) is 9.97 Å². The molecule has 0 fully saturated rings. The number of methoxy groups -OCH3 is 2. The maximum atomic E-state index is 12.1. The van der Waals surface area contributed by atoms with Crippen LogP contribution in [-0.4, -0.2) is 50.8 Å². The Morgan fingerprint density at radius 3 is 2.59 bits per heavy atom. The van der Waals surface area contributed by atoms with Crippen LogP contribution < -0.4 is 20.5 Å². The number of ether oxygens (including phenoxy) is 2. The number of carboxylic acid groups (broad SMARTS) is 1. The highest BCUT2D eigenvalue weighted by molar-refractivity contribution is 5.99. The van der Waals surface area contributed by atoms with Gasteiger partial charge in [-0.2, -0.15) is 9.61 Å². The molecular weight excluding hydrogens is 440 g/mol. The average molecular weight is 462 g/mol. The molecule has 4 aromatic rings. The second kappa shape index (κ2) is 9.45. The van der Waals surface area contributed by atoms with Crippen molar-refractivity contribution in [1.82, 2.24) is 19.6 Å². The third-order valence-electron chi connectivity index (χ3n) is 5.17. The summed E-state index contributed by atoms with van der Waals surface area (Å²) >= 11 is 0. The summed E-state index contributed by atoms with van der Waals surface area (Å²) in [5.74, 6) is -0.147. The van der Waals surface area contributed by atoms with Crippen LogP contribution >= 0.6 is 0 Å². The zero-order valence-corrected chi connectivity index (χ0v) is 18.5. The van der Waals surface area contributed by atoms with E-state index in [-0.39, 0.29) is 18.4 Å². The van der Waals surface area contributed by atoms with E-state index in [1.165, 1.54) is 10.8 Å². The van der Waals surface area contributed by atoms with Gasteiger partial charge in [0.05, 0.1) is 31.2 Å². The summed E-state index contributed by atoms with van der Waals surface area (Å²) in [6, 6.07) is 12.1. The van der Waals surface area contributed by atoms with Crippen molar-refractivity contribution in [2.45, 2.75) is 12.8 Å². The summed E-state index contributed by atoms with van der Waals surface area (Å²) in [6.45, 7) is 0. The number of aromatic nitrogens is 4. The summed E-state index contributed by atoms with van der Waals surface area (Å²) in [5.41, 5.74) is 8.75. The zero-order chi connectivity index (χ0) is 24.2. The number of anilines is 2. The number of rotatable bonds is 9. The Bertz CT molecular complexity index is 1380. The molecule has 0 aliphatic carbocycles. The first-order valence-corrected chi connectivity index (χ1v) is 10.2. The van der Waals surface area contributed by atoms with Gasteiger partial charge in [0.15, 0.2) is 17.1 Å². The highest BCUT2D eigenvalue weighted by Gasteiger charge is 2.16. The first-order chi connectivity index (χ1) is 16.4. The smallest absolute Gasteiger partial charge is 0.303 e. The van der Waals surface area contributed by atoms with E-state index in [2.05, 4.69) is 20.4 Å². The largest absolute Gasteiger partial charge is 0.493 e. The van der Waals surface area contributed by atoms with Gasteiger partial charge in [-0.3, -0.25) is 9.59 Å². The quantitative estimate of drug-likeness (QED) is 0.340. The predicted molar refractivity (Wildman–Crippen MR) is 124 cm³/mol. The second-order valence-electron chi connectivity index (χ2n) is 7.33. The Morgan fingerprint density at radius 2 is 1.88 bits per heavy atom. The molecule has 2 aromatic heterocycles. The van der Waals surface area contributed by atoms with Crippen LogP contribution in [0.5, 0.6) is 11.5 Å². The number of carbonyl (C=O) groups excluding carboxylic acids is 1. The summed E-state index contributed by atoms with van der Waals surface area (Å²) in [6.07, 6.45) is 1.61. The molecule has 0 bridgehead atoms. The number of aryl methyl sites for hydroxylation is 1. The number of amides is 1. The summed E-state index contributed by atoms with van der Waals surface area (Å²) < 4.78 is 12.2. The Hall–Kier alpha value is -4.67. The van der Waals surface area contributed by atoms with Gasteiger partial charge in [-0.05, 0) is 42.3 Å². The summed E-state index contributed by atoms with van der Waals surface area (Å²) in [7, 11) is 3.11. The molecule has 4 N–H and O–H groups in total. The Morgan fingerprint density at radius 1 is 1.09 bits per heavy atom. The van der Waals surface area contributed by atoms with Gasteiger partial charge in [0.1, 0.15) is 6.33 Å². The number of hydrogen-bond acceptors (Lipinski definition) is 8. The van der Waals surface area contributed by atoms with Crippen LogP contribution in [0, 0.1) is 0 Å². The van der Waals surface area contributed by atoms with Crippen molar-refractivity contribution in [3.63, 3.8) is 0 Å². The lowest BCUT2D eigenvalue weighted by atomic mass is 10.0. The van der Waals surface area contributed by atoms with Crippen molar-refractivity contribution in [3.05, 3.63) is 59.9 Å². The van der Waals surface area contributed by atoms with Crippen LogP contribution in [0.2, 0.25) is 0 Å². The lowest BCUT2D eigenvalue weighted by molar-refractivity contribution is -0.136. The number of hydrogen-bond donors (Lipinski definition) is 3. The molecule has 0 aliphatic heterocycles. The predicted octanol–water partition coefficient (Wildman–Crippen LogP) is 2.67. The van der Waals surface area contributed by atoms with E-state index in [9.17, 15) is 9.59 Å². The minimum Gasteiger partial charge on any atom is -0.493 e. The van der Waals surface area contributed by atoms with E-state index < -0.39 is 11.9 Å². The number of carbonyl (C=O) groups is 2. The van der Waals surface area contributed by atoms with Crippen LogP contribution in [0.3, 0.4) is 0 Å². The van der Waals surface area contributed by atoms with E-state index in [1.807, 2.05) is 6.07 Å². The third kappa shape index (κ3) is 4.58. The molecular formula is C23H22N6O5. The van der Waals surface area contributed by atoms with Crippen molar-refractivity contribution < 1.29 is 24.2 Å². The number of nitrogens with one attached hydrogen (secondary N) is 1. The number of nitrogens with two attached hydrogens (primary N) is 1. The summed E-state index contributed by atoms with van der Waals surface area (Å²) in [4.78, 5) is 31.9. The molecule has 11 heteroatoms. The molecule has 1 amide bonds. The van der Waals surface area contributed by atoms with E-state index in [1.54, 1.807) is 50.6 Å². The van der Waals surface area contributed by atoms with Crippen LogP contribution in [-0.2, 0) is 11.2 Å². The van der Waals surface area contributed by atoms with Gasteiger partial charge in [-0.15, -0.1) is 0 Å². The highest BCUT2D eigenvalue weighted by Crippen LogP contribution is 2.33. The molecule has 2 heterocycles. The molecule has 174 valence electrons. The molecule has 34 heavy (non-hydrogen) atoms. The Balaban J connectivity index is 1.75. The average Bonchev–Trinajstić information content (AvgIpc) is 3.31. The number of nitrogens with zero attached hydrogens (tertiary/aromatic N) is 4. The molecule has 0 aliphatic rings. The topological polar surface area (TPSA) is 154 Å². The molecule has 0 saturated carbocycles. The lowest BCUT2D eigenvalue weighted by Gasteiger charge is -2.14. The van der Waals surface area contributed by atoms with Crippen molar-refractivity contribution in [2.75, 3.05) is 19.5 Å². The first kappa shape index (κ1) is 22.5. The normalized spacial score (nSPS) is 10.8. The minimum absolute atomic E-state index is 0.0561. The Labute approximate surface area is 194 Å². The second-order valence-corrected chi connectivity index (χ2v) is 7.33. The van der Waals surface area contributed by atoms with Gasteiger partial charge in [-0.1, -0.05) is 6.07 Å². The molecule has 11 nitrogen and oxygen atoms in total. The first-order valence-electron chi connectivity index (χ1n) is 10.2. The zero-order valence-electron chi connectivity index (χ0n) is 18.5. The fourth-order valence-electron chi connectivity index (χ4n) is 3.48. The highest BCUT2D eigenvalue weighted by atomic mass is 16.5. The minimum atomic E-state index is -0.924. The molecule has 0 saturated heterocycles. The fourth-order valence-corrected chi connectivity index (χ4v) is 3.48. The molecule has 0 unspecified atom stereocenters. The van der Waals surface area contributed by atoms with Crippen molar-refractivity contribution in [3.8, 4) is 22.8 Å². The monoisotopic (exact) mass is 462 g/mol. The van der Waals surface area contributed by atoms with Gasteiger partial charge in [0.2, 0.25) is 5.95 Å². The third-order valence-corrected chi connectivity index (χ3v) is 5.17. The van der Waals surface area contributed by atoms with Crippen LogP contribution in [0.4, 0.5) is 11.6 Å². The van der Waals surface area contributed by atoms with Crippen LogP contribution in [0.1, 0.15) is 22.3 Å². The fraction of sp³-hybridized carbons (Fsp3) is 0.174. The number of carboxylic acids is 1. The maximum Gasteiger partial charge on any atom is 0.303 e. The molecule has 0 radical (unpaired) electrons. The standard InChI is InChI=1S/C23H22N6O5/c1-33-18-7-5-14(10-19(18)34-2)17-11-20-25-12-26-29(20)23(28-17)27-16-6-3-13(4-8-21(30)31)9-15(16)22(24)32/h3,5-7,9-12H,4,8H2,1-2H3,(H2,24,32)(H,27,28)(H,30,31). The van der Waals surface area contributed by atoms with Crippen molar-refractivity contribution >= 4 is 29.2 Å². The number of benzene rings is 2. The van der Waals surface area contributed by atoms with E-state index in [0.717, 1.165) is 5.56 Å². The van der Waals surface area contributed by atoms with Gasteiger partial charge >= 0.3 is 5.97 Å². The van der Waals surface area contributed by atoms with Crippen molar-refractivity contribution in [1.29, 1.82) is 0 Å². The van der Waals surface area contributed by atoms with Gasteiger partial charge in [0, 0.05) is 18.1 Å². The van der Waals surface area contributed by atoms with Gasteiger partial charge in [0.25, 0.3) is 5.91 Å². The summed E-state index contributed by atoms with van der Waals surface area (Å²) in [5, 5.41) is 16.2. The van der Waals surface area contributed by atoms with Crippen LogP contribution in [0.15, 0.2) is 48.8 Å². The number of aliphatic carboxylic acids is 1. The molecule has 4 rings (SSSR count). The SMILES string of the molecule is COc1ccc(-c2cc3ncnn3c(Nc3ccc(CCC(=O)O)cc3C(N)=O)n2)cc1OC. The molecule has 0 atom stereocenters. The number of fused-ring (bicyclic) bond motifs is 1. The van der Waals surface area contributed by atoms with E-state index >= 15 is 0 Å². The number of primary amides is 1. The van der Waals surface area contributed by atoms with Crippen LogP contribution in [0.25, 0.3) is 16.9 Å². The Kier molecular flexibility index (Phi) is 6.26.